The van der Waals surface area contributed by atoms with Gasteiger partial charge in [-0.1, -0.05) is 25.7 Å². The topological polar surface area (TPSA) is 44.1 Å². The number of carbonyl (C=O) groups is 1. The van der Waals surface area contributed by atoms with E-state index in [-0.39, 0.29) is 24.4 Å². The molecular weight excluding hydrogens is 236 g/mol. The van der Waals surface area contributed by atoms with Crippen LogP contribution in [0.2, 0.25) is 0 Å². The summed E-state index contributed by atoms with van der Waals surface area (Å²) in [7, 11) is 0. The highest BCUT2D eigenvalue weighted by atomic mass is 16.2. The lowest BCUT2D eigenvalue weighted by atomic mass is 9.67. The van der Waals surface area contributed by atoms with Crippen molar-refractivity contribution in [3.8, 4) is 6.07 Å². The summed E-state index contributed by atoms with van der Waals surface area (Å²) >= 11 is 0. The second kappa shape index (κ2) is 6.41. The molecule has 106 valence electrons. The molecule has 0 aromatic heterocycles. The molecule has 0 aliphatic heterocycles. The maximum absolute atomic E-state index is 12.6. The van der Waals surface area contributed by atoms with Crippen LogP contribution >= 0.6 is 0 Å². The Bertz CT molecular complexity index is 358. The van der Waals surface area contributed by atoms with Crippen molar-refractivity contribution >= 4 is 5.91 Å². The Kier molecular flexibility index (Phi) is 4.85. The fourth-order valence-corrected chi connectivity index (χ4v) is 3.92. The first-order valence-corrected chi connectivity index (χ1v) is 7.81. The first-order chi connectivity index (χ1) is 9.13. The quantitative estimate of drug-likeness (QED) is 0.732. The van der Waals surface area contributed by atoms with E-state index in [1.807, 2.05) is 13.8 Å². The molecule has 0 N–H and O–H groups in total. The van der Waals surface area contributed by atoms with Crippen LogP contribution in [0.3, 0.4) is 0 Å². The number of amides is 1. The van der Waals surface area contributed by atoms with Crippen LogP contribution in [0.15, 0.2) is 0 Å². The molecule has 3 nitrogen and oxygen atoms in total. The number of carbonyl (C=O) groups excluding carboxylic acids is 1. The molecule has 3 unspecified atom stereocenters. The average Bonchev–Trinajstić information content (AvgIpc) is 2.43. The van der Waals surface area contributed by atoms with Crippen LogP contribution in [0.1, 0.15) is 58.8 Å². The van der Waals surface area contributed by atoms with E-state index in [9.17, 15) is 4.79 Å². The zero-order chi connectivity index (χ0) is 13.8. The minimum atomic E-state index is 0.135. The maximum atomic E-state index is 12.6. The lowest BCUT2D eigenvalue weighted by Crippen LogP contribution is -2.43. The van der Waals surface area contributed by atoms with Crippen LogP contribution in [0.5, 0.6) is 0 Å². The summed E-state index contributed by atoms with van der Waals surface area (Å²) < 4.78 is 0. The second-order valence-electron chi connectivity index (χ2n) is 6.53. The average molecular weight is 262 g/mol. The molecule has 2 aliphatic rings. The van der Waals surface area contributed by atoms with E-state index in [0.29, 0.717) is 0 Å². The molecule has 0 spiro atoms. The third-order valence-electron chi connectivity index (χ3n) is 5.04. The molecular formula is C16H26N2O. The van der Waals surface area contributed by atoms with Gasteiger partial charge in [-0.2, -0.15) is 5.26 Å². The molecule has 0 aromatic carbocycles. The van der Waals surface area contributed by atoms with Crippen molar-refractivity contribution in [3.63, 3.8) is 0 Å². The van der Waals surface area contributed by atoms with Gasteiger partial charge in [0.2, 0.25) is 5.91 Å². The summed E-state index contributed by atoms with van der Waals surface area (Å²) in [6.07, 6.45) is 8.74. The van der Waals surface area contributed by atoms with Crippen LogP contribution in [0.25, 0.3) is 0 Å². The smallest absolute Gasteiger partial charge is 0.226 e. The molecule has 2 aliphatic carbocycles. The first-order valence-electron chi connectivity index (χ1n) is 7.81. The highest BCUT2D eigenvalue weighted by molar-refractivity contribution is 5.79. The van der Waals surface area contributed by atoms with E-state index in [2.05, 4.69) is 6.07 Å². The predicted molar refractivity (Wildman–Crippen MR) is 75.3 cm³/mol. The Morgan fingerprint density at radius 1 is 1.21 bits per heavy atom. The summed E-state index contributed by atoms with van der Waals surface area (Å²) in [5.74, 6) is 2.05. The van der Waals surface area contributed by atoms with Crippen LogP contribution in [0, 0.1) is 29.1 Å². The van der Waals surface area contributed by atoms with Crippen molar-refractivity contribution in [2.45, 2.75) is 64.8 Å². The molecule has 0 heterocycles. The van der Waals surface area contributed by atoms with Gasteiger partial charge in [-0.25, -0.2) is 0 Å². The minimum Gasteiger partial charge on any atom is -0.327 e. The number of nitriles is 1. The summed E-state index contributed by atoms with van der Waals surface area (Å²) in [4.78, 5) is 14.3. The summed E-state index contributed by atoms with van der Waals surface area (Å²) in [6, 6.07) is 2.27. The van der Waals surface area contributed by atoms with Crippen LogP contribution in [-0.4, -0.2) is 23.4 Å². The third kappa shape index (κ3) is 3.29. The lowest BCUT2D eigenvalue weighted by molar-refractivity contribution is -0.139. The summed E-state index contributed by atoms with van der Waals surface area (Å²) in [5, 5.41) is 8.88. The van der Waals surface area contributed by atoms with Crippen molar-refractivity contribution in [1.29, 1.82) is 5.26 Å². The van der Waals surface area contributed by atoms with Gasteiger partial charge in [0, 0.05) is 12.0 Å². The van der Waals surface area contributed by atoms with Crippen molar-refractivity contribution in [2.75, 3.05) is 6.54 Å². The van der Waals surface area contributed by atoms with Crippen LogP contribution < -0.4 is 0 Å². The van der Waals surface area contributed by atoms with Crippen LogP contribution in [0.4, 0.5) is 0 Å². The molecule has 2 saturated carbocycles. The number of nitrogens with zero attached hydrogens (tertiary/aromatic N) is 2. The van der Waals surface area contributed by atoms with Crippen molar-refractivity contribution < 1.29 is 4.79 Å². The molecule has 0 radical (unpaired) electrons. The fourth-order valence-electron chi connectivity index (χ4n) is 3.92. The molecule has 1 amide bonds. The van der Waals surface area contributed by atoms with Gasteiger partial charge >= 0.3 is 0 Å². The molecule has 3 heteroatoms. The third-order valence-corrected chi connectivity index (χ3v) is 5.04. The highest BCUT2D eigenvalue weighted by Crippen LogP contribution is 2.43. The second-order valence-corrected chi connectivity index (χ2v) is 6.53. The highest BCUT2D eigenvalue weighted by Gasteiger charge is 2.36. The zero-order valence-corrected chi connectivity index (χ0v) is 12.3. The predicted octanol–water partition coefficient (Wildman–Crippen LogP) is 3.35. The Hall–Kier alpha value is -1.04. The fraction of sp³-hybridized carbons (Fsp3) is 0.875. The Morgan fingerprint density at radius 3 is 2.53 bits per heavy atom. The molecule has 0 aromatic rings. The molecule has 0 bridgehead atoms. The van der Waals surface area contributed by atoms with E-state index < -0.39 is 0 Å². The van der Waals surface area contributed by atoms with Gasteiger partial charge in [0.1, 0.15) is 6.54 Å². The van der Waals surface area contributed by atoms with E-state index in [1.165, 1.54) is 32.1 Å². The van der Waals surface area contributed by atoms with Crippen molar-refractivity contribution in [3.05, 3.63) is 0 Å². The Morgan fingerprint density at radius 2 is 1.89 bits per heavy atom. The van der Waals surface area contributed by atoms with Crippen LogP contribution in [-0.2, 0) is 4.79 Å². The normalized spacial score (nSPS) is 30.5. The van der Waals surface area contributed by atoms with E-state index in [4.69, 9.17) is 5.26 Å². The molecule has 2 rings (SSSR count). The Balaban J connectivity index is 1.97. The first kappa shape index (κ1) is 14.4. The van der Waals surface area contributed by atoms with Gasteiger partial charge in [0.05, 0.1) is 6.07 Å². The van der Waals surface area contributed by atoms with Gasteiger partial charge in [-0.3, -0.25) is 4.79 Å². The standard InChI is InChI=1S/C16H26N2O/c1-12(2)18(10-9-17)16(19)15-8-7-13-5-3-4-6-14(13)11-15/h12-15H,3-8,10-11H2,1-2H3. The maximum Gasteiger partial charge on any atom is 0.226 e. The molecule has 2 fully saturated rings. The van der Waals surface area contributed by atoms with E-state index in [1.54, 1.807) is 4.90 Å². The zero-order valence-electron chi connectivity index (χ0n) is 12.3. The van der Waals surface area contributed by atoms with Gasteiger partial charge < -0.3 is 4.90 Å². The van der Waals surface area contributed by atoms with Crippen molar-refractivity contribution in [1.82, 2.24) is 4.90 Å². The monoisotopic (exact) mass is 262 g/mol. The van der Waals surface area contributed by atoms with E-state index >= 15 is 0 Å². The Labute approximate surface area is 117 Å². The number of hydrogen-bond donors (Lipinski definition) is 0. The summed E-state index contributed by atoms with van der Waals surface area (Å²) in [5.41, 5.74) is 0. The summed E-state index contributed by atoms with van der Waals surface area (Å²) in [6.45, 7) is 4.24. The lowest BCUT2D eigenvalue weighted by Gasteiger charge is -2.40. The molecule has 3 atom stereocenters. The van der Waals surface area contributed by atoms with Gasteiger partial charge in [0.15, 0.2) is 0 Å². The number of hydrogen-bond acceptors (Lipinski definition) is 2. The van der Waals surface area contributed by atoms with Crippen molar-refractivity contribution in [2.24, 2.45) is 17.8 Å². The number of fused-ring (bicyclic) bond motifs is 1. The van der Waals surface area contributed by atoms with Gasteiger partial charge in [-0.15, -0.1) is 0 Å². The molecule has 19 heavy (non-hydrogen) atoms. The molecule has 0 saturated heterocycles. The number of rotatable bonds is 3. The van der Waals surface area contributed by atoms with Gasteiger partial charge in [0.25, 0.3) is 0 Å². The largest absolute Gasteiger partial charge is 0.327 e. The SMILES string of the molecule is CC(C)N(CC#N)C(=O)C1CCC2CCCCC2C1. The van der Waals surface area contributed by atoms with Gasteiger partial charge in [-0.05, 0) is 44.9 Å². The minimum absolute atomic E-state index is 0.135. The van der Waals surface area contributed by atoms with E-state index in [0.717, 1.165) is 24.7 Å².